The highest BCUT2D eigenvalue weighted by Gasteiger charge is 2.59. The van der Waals surface area contributed by atoms with Gasteiger partial charge in [-0.05, 0) is 71.4 Å². The molecule has 3 aliphatic rings. The molecule has 5 nitrogen and oxygen atoms in total. The molecule has 3 aliphatic carbocycles. The van der Waals surface area contributed by atoms with E-state index >= 15 is 0 Å². The second kappa shape index (κ2) is 6.06. The summed E-state index contributed by atoms with van der Waals surface area (Å²) in [6, 6.07) is 3.83. The van der Waals surface area contributed by atoms with E-state index in [0.29, 0.717) is 5.39 Å². The van der Waals surface area contributed by atoms with Crippen LogP contribution in [0.1, 0.15) is 70.0 Å². The summed E-state index contributed by atoms with van der Waals surface area (Å²) in [6.07, 6.45) is 3.46. The number of hydrogen-bond acceptors (Lipinski definition) is 4. The van der Waals surface area contributed by atoms with Gasteiger partial charge in [-0.25, -0.2) is 4.98 Å². The maximum absolute atomic E-state index is 13.1. The number of nitrogens with zero attached hydrogens (tertiary/aromatic N) is 2. The van der Waals surface area contributed by atoms with Gasteiger partial charge >= 0.3 is 0 Å². The van der Waals surface area contributed by atoms with Crippen molar-refractivity contribution in [1.29, 1.82) is 0 Å². The number of fused-ring (bicyclic) bond motifs is 1. The Balaban J connectivity index is 1.84. The summed E-state index contributed by atoms with van der Waals surface area (Å²) >= 11 is -1.19. The van der Waals surface area contributed by atoms with Crippen molar-refractivity contribution in [2.75, 3.05) is 0 Å². The molecular formula is C21H29N3O2S. The summed E-state index contributed by atoms with van der Waals surface area (Å²) in [5.74, 6) is 1.75. The van der Waals surface area contributed by atoms with Crippen LogP contribution in [0.2, 0.25) is 0 Å². The molecular weight excluding hydrogens is 358 g/mol. The fourth-order valence-corrected chi connectivity index (χ4v) is 5.31. The number of aryl methyl sites for hydroxylation is 1. The Bertz CT molecular complexity index is 959. The fraction of sp³-hybridized carbons (Fsp3) is 0.619. The van der Waals surface area contributed by atoms with Crippen LogP contribution in [0.15, 0.2) is 16.9 Å². The van der Waals surface area contributed by atoms with E-state index in [1.807, 2.05) is 47.7 Å². The molecule has 0 aliphatic heterocycles. The lowest BCUT2D eigenvalue weighted by molar-refractivity contribution is -0.0373. The third kappa shape index (κ3) is 2.93. The summed E-state index contributed by atoms with van der Waals surface area (Å²) in [4.78, 5) is 18.1. The zero-order valence-corrected chi connectivity index (χ0v) is 17.9. The first-order chi connectivity index (χ1) is 12.5. The monoisotopic (exact) mass is 387 g/mol. The highest BCUT2D eigenvalue weighted by molar-refractivity contribution is 7.90. The van der Waals surface area contributed by atoms with Crippen LogP contribution in [0.5, 0.6) is 0 Å². The lowest BCUT2D eigenvalue weighted by Gasteiger charge is -2.61. The van der Waals surface area contributed by atoms with Crippen LogP contribution in [0, 0.1) is 12.8 Å². The fourth-order valence-electron chi connectivity index (χ4n) is 4.51. The molecule has 1 aromatic carbocycles. The van der Waals surface area contributed by atoms with Gasteiger partial charge in [0.25, 0.3) is 5.56 Å². The summed E-state index contributed by atoms with van der Waals surface area (Å²) in [5, 5.41) is 0.651. The maximum Gasteiger partial charge on any atom is 0.261 e. The van der Waals surface area contributed by atoms with E-state index in [4.69, 9.17) is 4.98 Å². The number of aromatic nitrogens is 2. The van der Waals surface area contributed by atoms with Gasteiger partial charge in [0.1, 0.15) is 10.6 Å². The van der Waals surface area contributed by atoms with Crippen LogP contribution in [0.25, 0.3) is 10.9 Å². The molecule has 0 radical (unpaired) electrons. The van der Waals surface area contributed by atoms with Gasteiger partial charge in [-0.2, -0.15) is 0 Å². The number of nitrogens with one attached hydrogen (secondary N) is 1. The zero-order valence-electron chi connectivity index (χ0n) is 17.0. The zero-order chi connectivity index (χ0) is 19.7. The molecule has 3 fully saturated rings. The van der Waals surface area contributed by atoms with Crippen LogP contribution in [-0.4, -0.2) is 18.9 Å². The van der Waals surface area contributed by atoms with Crippen molar-refractivity contribution in [2.45, 2.75) is 70.1 Å². The van der Waals surface area contributed by atoms with Gasteiger partial charge in [0.2, 0.25) is 0 Å². The topological polar surface area (TPSA) is 70.0 Å². The predicted octanol–water partition coefficient (Wildman–Crippen LogP) is 3.41. The molecule has 0 saturated heterocycles. The first-order valence-electron chi connectivity index (χ1n) is 9.72. The van der Waals surface area contributed by atoms with Crippen molar-refractivity contribution in [3.8, 4) is 0 Å². The molecule has 1 heterocycles. The van der Waals surface area contributed by atoms with Crippen molar-refractivity contribution in [2.24, 2.45) is 13.0 Å². The van der Waals surface area contributed by atoms with Crippen LogP contribution >= 0.6 is 0 Å². The van der Waals surface area contributed by atoms with E-state index in [1.54, 1.807) is 4.57 Å². The van der Waals surface area contributed by atoms with E-state index in [2.05, 4.69) is 10.8 Å². The Morgan fingerprint density at radius 1 is 1.33 bits per heavy atom. The second-order valence-corrected chi connectivity index (χ2v) is 11.5. The first-order valence-corrected chi connectivity index (χ1v) is 10.9. The van der Waals surface area contributed by atoms with Gasteiger partial charge in [0.05, 0.1) is 16.9 Å². The van der Waals surface area contributed by atoms with Crippen LogP contribution in [-0.2, 0) is 23.8 Å². The Morgan fingerprint density at radius 3 is 2.48 bits per heavy atom. The van der Waals surface area contributed by atoms with Crippen molar-refractivity contribution >= 4 is 22.3 Å². The minimum atomic E-state index is -1.19. The third-order valence-corrected chi connectivity index (χ3v) is 7.85. The van der Waals surface area contributed by atoms with E-state index in [-0.39, 0.29) is 21.8 Å². The molecule has 0 spiro atoms. The molecule has 1 aromatic heterocycles. The molecule has 0 amide bonds. The molecule has 146 valence electrons. The quantitative estimate of drug-likeness (QED) is 0.816. The third-order valence-electron chi connectivity index (χ3n) is 6.17. The average Bonchev–Trinajstić information content (AvgIpc) is 2.48. The van der Waals surface area contributed by atoms with Crippen molar-refractivity contribution < 1.29 is 4.55 Å². The van der Waals surface area contributed by atoms with Gasteiger partial charge < -0.3 is 4.55 Å². The van der Waals surface area contributed by atoms with Gasteiger partial charge in [-0.3, -0.25) is 9.36 Å². The van der Waals surface area contributed by atoms with E-state index in [1.165, 1.54) is 0 Å². The SMILES string of the molecule is Cc1cc(C(C)N[S@+]([O-])C(C)(C)C)c2nc(C34CC(C3)C4)n(C)c(=O)c2c1. The lowest BCUT2D eigenvalue weighted by Crippen LogP contribution is -2.57. The van der Waals surface area contributed by atoms with E-state index < -0.39 is 11.4 Å². The molecule has 6 heteroatoms. The maximum atomic E-state index is 13.1. The minimum absolute atomic E-state index is 0.0221. The largest absolute Gasteiger partial charge is 0.598 e. The normalized spacial score (nSPS) is 26.4. The average molecular weight is 388 g/mol. The Morgan fingerprint density at radius 2 is 1.96 bits per heavy atom. The Hall–Kier alpha value is -1.37. The summed E-state index contributed by atoms with van der Waals surface area (Å²) in [5.41, 5.74) is 2.86. The van der Waals surface area contributed by atoms with Gasteiger partial charge in [0.15, 0.2) is 0 Å². The summed E-state index contributed by atoms with van der Waals surface area (Å²) in [7, 11) is 1.85. The first kappa shape index (κ1) is 19.0. The summed E-state index contributed by atoms with van der Waals surface area (Å²) < 4.78 is 17.2. The van der Waals surface area contributed by atoms with Crippen LogP contribution < -0.4 is 10.3 Å². The molecule has 1 unspecified atom stereocenters. The molecule has 3 saturated carbocycles. The molecule has 2 bridgehead atoms. The standard InChI is InChI=1S/C21H29N3O2S/c1-12-7-15(13(2)23-27(26)20(3,4)5)17-16(8-12)18(25)24(6)19(22-17)21-9-14(10-21)11-21/h7-8,13-14,23H,9-11H2,1-6H3/t13?,14?,21?,27-/m1/s1. The molecule has 2 aromatic rings. The van der Waals surface area contributed by atoms with Crippen LogP contribution in [0.4, 0.5) is 0 Å². The van der Waals surface area contributed by atoms with Crippen molar-refractivity contribution in [3.05, 3.63) is 39.4 Å². The van der Waals surface area contributed by atoms with Crippen molar-refractivity contribution in [3.63, 3.8) is 0 Å². The van der Waals surface area contributed by atoms with E-state index in [0.717, 1.165) is 47.6 Å². The second-order valence-electron chi connectivity index (χ2n) is 9.53. The number of rotatable bonds is 4. The molecule has 1 N–H and O–H groups in total. The Kier molecular flexibility index (Phi) is 4.26. The number of hydrogen-bond donors (Lipinski definition) is 1. The highest BCUT2D eigenvalue weighted by atomic mass is 32.2. The highest BCUT2D eigenvalue weighted by Crippen LogP contribution is 2.64. The summed E-state index contributed by atoms with van der Waals surface area (Å²) in [6.45, 7) is 9.84. The molecule has 2 atom stereocenters. The molecule has 27 heavy (non-hydrogen) atoms. The lowest BCUT2D eigenvalue weighted by atomic mass is 9.44. The minimum Gasteiger partial charge on any atom is -0.598 e. The van der Waals surface area contributed by atoms with Gasteiger partial charge in [-0.15, -0.1) is 4.72 Å². The predicted molar refractivity (Wildman–Crippen MR) is 110 cm³/mol. The van der Waals surface area contributed by atoms with E-state index in [9.17, 15) is 9.35 Å². The van der Waals surface area contributed by atoms with Gasteiger partial charge in [-0.1, -0.05) is 6.07 Å². The van der Waals surface area contributed by atoms with Crippen molar-refractivity contribution in [1.82, 2.24) is 14.3 Å². The Labute approximate surface area is 163 Å². The molecule has 5 rings (SSSR count). The number of benzene rings is 1. The van der Waals surface area contributed by atoms with Crippen LogP contribution in [0.3, 0.4) is 0 Å². The van der Waals surface area contributed by atoms with Gasteiger partial charge in [0, 0.05) is 29.4 Å². The smallest absolute Gasteiger partial charge is 0.261 e.